The lowest BCUT2D eigenvalue weighted by atomic mass is 9.92. The zero-order valence-electron chi connectivity index (χ0n) is 14.8. The van der Waals surface area contributed by atoms with Gasteiger partial charge in [0, 0.05) is 42.7 Å². The SMILES string of the molecule is C[C@H]1C[C@H](C)CN(Cc2csc(NC(=O)c3cccc([N+](=O)[O-])c3)n2)C1. The second kappa shape index (κ2) is 7.92. The van der Waals surface area contributed by atoms with Gasteiger partial charge in [0.05, 0.1) is 10.6 Å². The van der Waals surface area contributed by atoms with Gasteiger partial charge in [0.15, 0.2) is 5.13 Å². The lowest BCUT2D eigenvalue weighted by molar-refractivity contribution is -0.384. The van der Waals surface area contributed by atoms with Crippen molar-refractivity contribution in [2.24, 2.45) is 11.8 Å². The van der Waals surface area contributed by atoms with Gasteiger partial charge in [-0.15, -0.1) is 11.3 Å². The summed E-state index contributed by atoms with van der Waals surface area (Å²) in [6.07, 6.45) is 1.26. The number of piperidine rings is 1. The average molecular weight is 374 g/mol. The summed E-state index contributed by atoms with van der Waals surface area (Å²) in [7, 11) is 0. The van der Waals surface area contributed by atoms with Gasteiger partial charge in [0.25, 0.3) is 11.6 Å². The fraction of sp³-hybridized carbons (Fsp3) is 0.444. The number of carbonyl (C=O) groups is 1. The molecular formula is C18H22N4O3S. The molecule has 1 aliphatic heterocycles. The van der Waals surface area contributed by atoms with Crippen molar-refractivity contribution in [3.63, 3.8) is 0 Å². The third-order valence-corrected chi connectivity index (χ3v) is 5.23. The molecule has 138 valence electrons. The maximum absolute atomic E-state index is 12.3. The Bertz CT molecular complexity index is 797. The van der Waals surface area contributed by atoms with Gasteiger partial charge in [0.2, 0.25) is 0 Å². The molecule has 0 radical (unpaired) electrons. The molecule has 0 bridgehead atoms. The quantitative estimate of drug-likeness (QED) is 0.635. The number of nitro groups is 1. The van der Waals surface area contributed by atoms with Crippen LogP contribution in [0.2, 0.25) is 0 Å². The molecule has 1 amide bonds. The number of nitrogens with zero attached hydrogens (tertiary/aromatic N) is 3. The summed E-state index contributed by atoms with van der Waals surface area (Å²) in [5.41, 5.74) is 1.08. The van der Waals surface area contributed by atoms with Crippen molar-refractivity contribution in [1.82, 2.24) is 9.88 Å². The van der Waals surface area contributed by atoms with E-state index in [9.17, 15) is 14.9 Å². The number of amides is 1. The number of rotatable bonds is 5. The van der Waals surface area contributed by atoms with E-state index in [1.54, 1.807) is 6.07 Å². The van der Waals surface area contributed by atoms with E-state index >= 15 is 0 Å². The van der Waals surface area contributed by atoms with Gasteiger partial charge < -0.3 is 0 Å². The van der Waals surface area contributed by atoms with Crippen LogP contribution in [0, 0.1) is 22.0 Å². The van der Waals surface area contributed by atoms with Crippen LogP contribution >= 0.6 is 11.3 Å². The number of benzene rings is 1. The molecule has 0 aliphatic carbocycles. The highest BCUT2D eigenvalue weighted by Crippen LogP contribution is 2.24. The predicted octanol–water partition coefficient (Wildman–Crippen LogP) is 3.78. The van der Waals surface area contributed by atoms with E-state index in [0.717, 1.165) is 25.3 Å². The summed E-state index contributed by atoms with van der Waals surface area (Å²) < 4.78 is 0. The van der Waals surface area contributed by atoms with Gasteiger partial charge in [0.1, 0.15) is 0 Å². The van der Waals surface area contributed by atoms with Crippen molar-refractivity contribution in [2.75, 3.05) is 18.4 Å². The number of likely N-dealkylation sites (tertiary alicyclic amines) is 1. The Balaban J connectivity index is 1.62. The number of carbonyl (C=O) groups excluding carboxylic acids is 1. The molecule has 2 aromatic rings. The molecule has 1 N–H and O–H groups in total. The molecule has 2 heterocycles. The molecule has 1 aliphatic rings. The van der Waals surface area contributed by atoms with Gasteiger partial charge in [-0.05, 0) is 24.3 Å². The van der Waals surface area contributed by atoms with Crippen LogP contribution in [0.3, 0.4) is 0 Å². The number of hydrogen-bond donors (Lipinski definition) is 1. The zero-order chi connectivity index (χ0) is 18.7. The topological polar surface area (TPSA) is 88.4 Å². The van der Waals surface area contributed by atoms with Crippen LogP contribution in [0.1, 0.15) is 36.3 Å². The molecule has 2 atom stereocenters. The largest absolute Gasteiger partial charge is 0.298 e. The number of nitro benzene ring substituents is 1. The fourth-order valence-electron chi connectivity index (χ4n) is 3.52. The standard InChI is InChI=1S/C18H22N4O3S/c1-12-6-13(2)9-21(8-12)10-15-11-26-18(19-15)20-17(23)14-4-3-5-16(7-14)22(24)25/h3-5,7,11-13H,6,8-10H2,1-2H3,(H,19,20,23)/t12-,13-/m0/s1. The maximum atomic E-state index is 12.3. The maximum Gasteiger partial charge on any atom is 0.270 e. The summed E-state index contributed by atoms with van der Waals surface area (Å²) in [5.74, 6) is 0.977. The minimum Gasteiger partial charge on any atom is -0.298 e. The molecule has 0 unspecified atom stereocenters. The fourth-order valence-corrected chi connectivity index (χ4v) is 4.21. The van der Waals surface area contributed by atoms with Gasteiger partial charge in [-0.2, -0.15) is 0 Å². The first kappa shape index (κ1) is 18.5. The first-order chi connectivity index (χ1) is 12.4. The van der Waals surface area contributed by atoms with Crippen LogP contribution in [-0.4, -0.2) is 33.8 Å². The molecule has 0 saturated carbocycles. The molecule has 0 spiro atoms. The zero-order valence-corrected chi connectivity index (χ0v) is 15.7. The second-order valence-electron chi connectivity index (χ2n) is 7.05. The minimum atomic E-state index is -0.515. The van der Waals surface area contributed by atoms with Gasteiger partial charge in [-0.1, -0.05) is 19.9 Å². The van der Waals surface area contributed by atoms with Crippen molar-refractivity contribution >= 4 is 28.1 Å². The number of nitrogens with one attached hydrogen (secondary N) is 1. The Morgan fingerprint density at radius 3 is 2.81 bits per heavy atom. The molecule has 1 aromatic heterocycles. The van der Waals surface area contributed by atoms with Crippen molar-refractivity contribution in [3.8, 4) is 0 Å². The van der Waals surface area contributed by atoms with Gasteiger partial charge in [-0.3, -0.25) is 25.1 Å². The summed E-state index contributed by atoms with van der Waals surface area (Å²) in [6.45, 7) is 7.45. The minimum absolute atomic E-state index is 0.106. The van der Waals surface area contributed by atoms with Crippen LogP contribution in [0.5, 0.6) is 0 Å². The second-order valence-corrected chi connectivity index (χ2v) is 7.90. The number of thiazole rings is 1. The number of hydrogen-bond acceptors (Lipinski definition) is 6. The molecule has 8 heteroatoms. The van der Waals surface area contributed by atoms with E-state index in [1.807, 2.05) is 5.38 Å². The number of aromatic nitrogens is 1. The Morgan fingerprint density at radius 2 is 2.12 bits per heavy atom. The highest BCUT2D eigenvalue weighted by atomic mass is 32.1. The predicted molar refractivity (Wildman–Crippen MR) is 101 cm³/mol. The van der Waals surface area contributed by atoms with E-state index in [4.69, 9.17) is 0 Å². The van der Waals surface area contributed by atoms with E-state index in [1.165, 1.54) is 36.0 Å². The van der Waals surface area contributed by atoms with Crippen LogP contribution < -0.4 is 5.32 Å². The first-order valence-electron chi connectivity index (χ1n) is 8.63. The van der Waals surface area contributed by atoms with Crippen molar-refractivity contribution in [1.29, 1.82) is 0 Å². The molecule has 1 aromatic carbocycles. The molecule has 3 rings (SSSR count). The third kappa shape index (κ3) is 4.64. The van der Waals surface area contributed by atoms with Gasteiger partial charge >= 0.3 is 0 Å². The lowest BCUT2D eigenvalue weighted by Crippen LogP contribution is -2.38. The lowest BCUT2D eigenvalue weighted by Gasteiger charge is -2.34. The Morgan fingerprint density at radius 1 is 1.38 bits per heavy atom. The summed E-state index contributed by atoms with van der Waals surface area (Å²) in [5, 5.41) is 16.0. The summed E-state index contributed by atoms with van der Waals surface area (Å²) >= 11 is 1.37. The first-order valence-corrected chi connectivity index (χ1v) is 9.51. The Kier molecular flexibility index (Phi) is 5.63. The molecule has 1 fully saturated rings. The number of non-ortho nitro benzene ring substituents is 1. The summed E-state index contributed by atoms with van der Waals surface area (Å²) in [4.78, 5) is 29.5. The molecule has 1 saturated heterocycles. The molecule has 26 heavy (non-hydrogen) atoms. The van der Waals surface area contributed by atoms with Crippen LogP contribution in [0.15, 0.2) is 29.6 Å². The average Bonchev–Trinajstić information content (AvgIpc) is 3.00. The van der Waals surface area contributed by atoms with Crippen LogP contribution in [0.4, 0.5) is 10.8 Å². The van der Waals surface area contributed by atoms with Crippen LogP contribution in [-0.2, 0) is 6.54 Å². The van der Waals surface area contributed by atoms with E-state index in [2.05, 4.69) is 29.0 Å². The van der Waals surface area contributed by atoms with Crippen molar-refractivity contribution in [3.05, 3.63) is 51.0 Å². The molecule has 7 nitrogen and oxygen atoms in total. The molecular weight excluding hydrogens is 352 g/mol. The van der Waals surface area contributed by atoms with Crippen molar-refractivity contribution < 1.29 is 9.72 Å². The summed E-state index contributed by atoms with van der Waals surface area (Å²) in [6, 6.07) is 5.67. The smallest absolute Gasteiger partial charge is 0.270 e. The van der Waals surface area contributed by atoms with Crippen LogP contribution in [0.25, 0.3) is 0 Å². The van der Waals surface area contributed by atoms with Crippen molar-refractivity contribution in [2.45, 2.75) is 26.8 Å². The third-order valence-electron chi connectivity index (χ3n) is 4.42. The highest BCUT2D eigenvalue weighted by molar-refractivity contribution is 7.13. The van der Waals surface area contributed by atoms with E-state index < -0.39 is 10.8 Å². The Hall–Kier alpha value is -2.32. The van der Waals surface area contributed by atoms with Gasteiger partial charge in [-0.25, -0.2) is 4.98 Å². The van der Waals surface area contributed by atoms with E-state index in [-0.39, 0.29) is 11.3 Å². The normalized spacial score (nSPS) is 20.7. The van der Waals surface area contributed by atoms with E-state index in [0.29, 0.717) is 17.0 Å². The Labute approximate surface area is 156 Å². The highest BCUT2D eigenvalue weighted by Gasteiger charge is 2.22. The monoisotopic (exact) mass is 374 g/mol. The number of anilines is 1.